The second-order valence-corrected chi connectivity index (χ2v) is 4.49. The fourth-order valence-electron chi connectivity index (χ4n) is 1.92. The molecule has 0 aromatic carbocycles. The molecular weight excluding hydrogens is 235 g/mol. The van der Waals surface area contributed by atoms with Gasteiger partial charge in [-0.3, -0.25) is 0 Å². The van der Waals surface area contributed by atoms with Crippen molar-refractivity contribution in [2.45, 2.75) is 50.5 Å². The number of aliphatic hydroxyl groups is 1. The molecule has 17 heavy (non-hydrogen) atoms. The minimum absolute atomic E-state index is 0.0910. The Balaban J connectivity index is 2.02. The Morgan fingerprint density at radius 3 is 2.47 bits per heavy atom. The van der Waals surface area contributed by atoms with Gasteiger partial charge in [0.2, 0.25) is 0 Å². The molecule has 1 aliphatic rings. The summed E-state index contributed by atoms with van der Waals surface area (Å²) in [6.07, 6.45) is 0.519. The fraction of sp³-hybridized carbons (Fsp3) is 1.00. The van der Waals surface area contributed by atoms with Gasteiger partial charge in [-0.1, -0.05) is 19.3 Å². The molecule has 0 saturated heterocycles. The molecule has 0 aliphatic heterocycles. The van der Waals surface area contributed by atoms with Crippen LogP contribution in [0.25, 0.3) is 0 Å². The molecule has 102 valence electrons. The summed E-state index contributed by atoms with van der Waals surface area (Å²) in [5.41, 5.74) is 0. The zero-order valence-electron chi connectivity index (χ0n) is 9.80. The lowest BCUT2D eigenvalue weighted by Gasteiger charge is -2.23. The Kier molecular flexibility index (Phi) is 6.22. The summed E-state index contributed by atoms with van der Waals surface area (Å²) in [5.74, 6) is 0. The van der Waals surface area contributed by atoms with E-state index in [2.05, 4.69) is 5.32 Å². The minimum atomic E-state index is -4.23. The molecule has 0 radical (unpaired) electrons. The molecule has 0 spiro atoms. The molecule has 0 bridgehead atoms. The highest BCUT2D eigenvalue weighted by molar-refractivity contribution is 4.67. The predicted molar refractivity (Wildman–Crippen MR) is 57.8 cm³/mol. The third-order valence-corrected chi connectivity index (χ3v) is 2.78. The van der Waals surface area contributed by atoms with Crippen molar-refractivity contribution in [2.75, 3.05) is 19.7 Å². The van der Waals surface area contributed by atoms with Gasteiger partial charge in [0.1, 0.15) is 0 Å². The Morgan fingerprint density at radius 2 is 1.88 bits per heavy atom. The average Bonchev–Trinajstić information content (AvgIpc) is 2.26. The first-order valence-corrected chi connectivity index (χ1v) is 6.04. The lowest BCUT2D eigenvalue weighted by atomic mass is 9.98. The highest BCUT2D eigenvalue weighted by atomic mass is 19.4. The first-order valence-electron chi connectivity index (χ1n) is 6.04. The van der Waals surface area contributed by atoms with Crippen LogP contribution in [0.5, 0.6) is 0 Å². The molecular formula is C11H20F3NO2. The van der Waals surface area contributed by atoms with Crippen LogP contribution in [0.1, 0.15) is 32.1 Å². The Labute approximate surface area is 99.3 Å². The summed E-state index contributed by atoms with van der Waals surface area (Å²) in [6, 6.07) is 0. The molecule has 0 heterocycles. The SMILES string of the molecule is OC(CNCC(F)(F)F)COC1CCCCC1. The summed E-state index contributed by atoms with van der Waals surface area (Å²) in [7, 11) is 0. The van der Waals surface area contributed by atoms with Crippen LogP contribution >= 0.6 is 0 Å². The van der Waals surface area contributed by atoms with E-state index in [1.54, 1.807) is 0 Å². The van der Waals surface area contributed by atoms with E-state index in [-0.39, 0.29) is 19.3 Å². The predicted octanol–water partition coefficient (Wildman–Crippen LogP) is 1.85. The van der Waals surface area contributed by atoms with Crippen LogP contribution < -0.4 is 5.32 Å². The summed E-state index contributed by atoms with van der Waals surface area (Å²) in [4.78, 5) is 0. The number of hydrogen-bond donors (Lipinski definition) is 2. The van der Waals surface area contributed by atoms with Crippen LogP contribution in [0, 0.1) is 0 Å². The highest BCUT2D eigenvalue weighted by Crippen LogP contribution is 2.20. The molecule has 1 saturated carbocycles. The van der Waals surface area contributed by atoms with Crippen LogP contribution in [-0.2, 0) is 4.74 Å². The molecule has 0 amide bonds. The Bertz CT molecular complexity index is 205. The van der Waals surface area contributed by atoms with E-state index in [4.69, 9.17) is 4.74 Å². The number of aliphatic hydroxyl groups excluding tert-OH is 1. The standard InChI is InChI=1S/C11H20F3NO2/c12-11(13,14)8-15-6-9(16)7-17-10-4-2-1-3-5-10/h9-10,15-16H,1-8H2. The van der Waals surface area contributed by atoms with E-state index < -0.39 is 18.8 Å². The number of rotatable bonds is 6. The fourth-order valence-corrected chi connectivity index (χ4v) is 1.92. The van der Waals surface area contributed by atoms with Gasteiger partial charge in [0.25, 0.3) is 0 Å². The molecule has 1 aliphatic carbocycles. The van der Waals surface area contributed by atoms with E-state index in [0.29, 0.717) is 0 Å². The van der Waals surface area contributed by atoms with Gasteiger partial charge in [-0.05, 0) is 12.8 Å². The van der Waals surface area contributed by atoms with Crippen molar-refractivity contribution in [3.05, 3.63) is 0 Å². The molecule has 1 rings (SSSR count). The van der Waals surface area contributed by atoms with E-state index in [1.165, 1.54) is 6.42 Å². The maximum Gasteiger partial charge on any atom is 0.401 e. The average molecular weight is 255 g/mol. The highest BCUT2D eigenvalue weighted by Gasteiger charge is 2.26. The van der Waals surface area contributed by atoms with Crippen molar-refractivity contribution < 1.29 is 23.0 Å². The zero-order valence-corrected chi connectivity index (χ0v) is 9.80. The lowest BCUT2D eigenvalue weighted by Crippen LogP contribution is -2.37. The van der Waals surface area contributed by atoms with Crippen molar-refractivity contribution >= 4 is 0 Å². The number of alkyl halides is 3. The summed E-state index contributed by atoms with van der Waals surface area (Å²) in [6.45, 7) is -1.06. The van der Waals surface area contributed by atoms with Crippen molar-refractivity contribution in [3.63, 3.8) is 0 Å². The lowest BCUT2D eigenvalue weighted by molar-refractivity contribution is -0.126. The first kappa shape index (κ1) is 14.7. The van der Waals surface area contributed by atoms with E-state index in [9.17, 15) is 18.3 Å². The van der Waals surface area contributed by atoms with Gasteiger partial charge in [-0.2, -0.15) is 13.2 Å². The molecule has 0 aromatic rings. The maximum absolute atomic E-state index is 11.8. The first-order chi connectivity index (χ1) is 7.97. The number of ether oxygens (including phenoxy) is 1. The van der Waals surface area contributed by atoms with Crippen LogP contribution in [0.15, 0.2) is 0 Å². The van der Waals surface area contributed by atoms with Crippen molar-refractivity contribution in [1.82, 2.24) is 5.32 Å². The van der Waals surface area contributed by atoms with Gasteiger partial charge in [-0.25, -0.2) is 0 Å². The second-order valence-electron chi connectivity index (χ2n) is 4.49. The number of nitrogens with one attached hydrogen (secondary N) is 1. The molecule has 2 N–H and O–H groups in total. The summed E-state index contributed by atoms with van der Waals surface area (Å²) >= 11 is 0. The van der Waals surface area contributed by atoms with E-state index in [1.807, 2.05) is 0 Å². The number of hydrogen-bond acceptors (Lipinski definition) is 3. The van der Waals surface area contributed by atoms with Crippen molar-refractivity contribution in [3.8, 4) is 0 Å². The van der Waals surface area contributed by atoms with Gasteiger partial charge in [-0.15, -0.1) is 0 Å². The van der Waals surface area contributed by atoms with Crippen LogP contribution in [0.2, 0.25) is 0 Å². The topological polar surface area (TPSA) is 41.5 Å². The summed E-state index contributed by atoms with van der Waals surface area (Å²) < 4.78 is 40.9. The van der Waals surface area contributed by atoms with Gasteiger partial charge in [0.05, 0.1) is 25.4 Å². The van der Waals surface area contributed by atoms with Gasteiger partial charge >= 0.3 is 6.18 Å². The second kappa shape index (κ2) is 7.18. The molecule has 1 fully saturated rings. The van der Waals surface area contributed by atoms with Crippen molar-refractivity contribution in [1.29, 1.82) is 0 Å². The Hall–Kier alpha value is -0.330. The molecule has 1 atom stereocenters. The smallest absolute Gasteiger partial charge is 0.389 e. The van der Waals surface area contributed by atoms with Crippen LogP contribution in [-0.4, -0.2) is 43.2 Å². The normalized spacial score (nSPS) is 20.5. The number of halogens is 3. The maximum atomic E-state index is 11.8. The monoisotopic (exact) mass is 255 g/mol. The largest absolute Gasteiger partial charge is 0.401 e. The van der Waals surface area contributed by atoms with E-state index >= 15 is 0 Å². The van der Waals surface area contributed by atoms with Gasteiger partial charge in [0.15, 0.2) is 0 Å². The zero-order chi connectivity index (χ0) is 12.7. The minimum Gasteiger partial charge on any atom is -0.389 e. The summed E-state index contributed by atoms with van der Waals surface area (Å²) in [5, 5.41) is 11.6. The van der Waals surface area contributed by atoms with Crippen LogP contribution in [0.4, 0.5) is 13.2 Å². The third-order valence-electron chi connectivity index (χ3n) is 2.78. The van der Waals surface area contributed by atoms with E-state index in [0.717, 1.165) is 25.7 Å². The third kappa shape index (κ3) is 7.57. The van der Waals surface area contributed by atoms with Gasteiger partial charge in [0, 0.05) is 6.54 Å². The Morgan fingerprint density at radius 1 is 1.24 bits per heavy atom. The van der Waals surface area contributed by atoms with Gasteiger partial charge < -0.3 is 15.2 Å². The molecule has 3 nitrogen and oxygen atoms in total. The molecule has 0 aromatic heterocycles. The van der Waals surface area contributed by atoms with Crippen LogP contribution in [0.3, 0.4) is 0 Å². The van der Waals surface area contributed by atoms with Crippen molar-refractivity contribution in [2.24, 2.45) is 0 Å². The molecule has 1 unspecified atom stereocenters. The quantitative estimate of drug-likeness (QED) is 0.761. The molecule has 6 heteroatoms.